The Kier molecular flexibility index (Phi) is 11.3. The third-order valence-electron chi connectivity index (χ3n) is 4.93. The lowest BCUT2D eigenvalue weighted by Gasteiger charge is -2.28. The molecule has 6 nitrogen and oxygen atoms in total. The van der Waals surface area contributed by atoms with Crippen molar-refractivity contribution in [3.05, 3.63) is 30.1 Å². The molecule has 1 saturated carbocycles. The predicted molar refractivity (Wildman–Crippen MR) is 122 cm³/mol. The van der Waals surface area contributed by atoms with E-state index in [4.69, 9.17) is 0 Å². The van der Waals surface area contributed by atoms with Gasteiger partial charge < -0.3 is 15.5 Å². The number of aromatic nitrogens is 1. The molecule has 1 heterocycles. The third kappa shape index (κ3) is 8.90. The Morgan fingerprint density at radius 2 is 2.04 bits per heavy atom. The molecule has 0 saturated heterocycles. The molecule has 1 aromatic heterocycles. The van der Waals surface area contributed by atoms with E-state index in [2.05, 4.69) is 27.5 Å². The van der Waals surface area contributed by atoms with E-state index in [1.54, 1.807) is 11.1 Å². The van der Waals surface area contributed by atoms with E-state index >= 15 is 0 Å². The molecule has 2 rings (SSSR count). The lowest BCUT2D eigenvalue weighted by Crippen LogP contribution is -2.45. The number of carbonyl (C=O) groups excluding carboxylic acids is 1. The van der Waals surface area contributed by atoms with Gasteiger partial charge in [0.05, 0.1) is 0 Å². The van der Waals surface area contributed by atoms with Gasteiger partial charge in [0.25, 0.3) is 0 Å². The second kappa shape index (κ2) is 12.9. The van der Waals surface area contributed by atoms with Crippen molar-refractivity contribution in [2.75, 3.05) is 26.7 Å². The molecule has 0 aromatic carbocycles. The molecule has 2 N–H and O–H groups in total. The van der Waals surface area contributed by atoms with Crippen LogP contribution in [0.3, 0.4) is 0 Å². The van der Waals surface area contributed by atoms with Gasteiger partial charge in [-0.3, -0.25) is 9.78 Å². The molecule has 1 aliphatic carbocycles. The Bertz CT molecular complexity index is 573. The number of nitrogens with zero attached hydrogens (tertiary/aromatic N) is 3. The minimum atomic E-state index is 0. The SMILES string of the molecule is CCNC(=NCC(=O)N(C)CCc1ccccn1)NC1CCC(C)CC1.I. The fraction of sp³-hybridized carbons (Fsp3) is 0.650. The van der Waals surface area contributed by atoms with Crippen LogP contribution in [-0.2, 0) is 11.2 Å². The predicted octanol–water partition coefficient (Wildman–Crippen LogP) is 2.83. The van der Waals surface area contributed by atoms with Gasteiger partial charge in [0, 0.05) is 44.5 Å². The molecule has 1 aromatic rings. The van der Waals surface area contributed by atoms with Crippen LogP contribution in [0.4, 0.5) is 0 Å². The van der Waals surface area contributed by atoms with Crippen molar-refractivity contribution in [1.29, 1.82) is 0 Å². The number of aliphatic imine (C=N–C) groups is 1. The number of hydrogen-bond acceptors (Lipinski definition) is 3. The minimum absolute atomic E-state index is 0. The number of pyridine rings is 1. The Morgan fingerprint density at radius 1 is 1.30 bits per heavy atom. The quantitative estimate of drug-likeness (QED) is 0.353. The van der Waals surface area contributed by atoms with Crippen LogP contribution in [0.15, 0.2) is 29.4 Å². The standard InChI is InChI=1S/C20H33N5O.HI/c1-4-21-20(24-18-10-8-16(2)9-11-18)23-15-19(26)25(3)14-12-17-7-5-6-13-22-17;/h5-7,13,16,18H,4,8-12,14-15H2,1-3H3,(H2,21,23,24);1H. The number of nitrogens with one attached hydrogen (secondary N) is 2. The smallest absolute Gasteiger partial charge is 0.244 e. The summed E-state index contributed by atoms with van der Waals surface area (Å²) in [5, 5.41) is 6.74. The van der Waals surface area contributed by atoms with Crippen LogP contribution in [0.5, 0.6) is 0 Å². The largest absolute Gasteiger partial charge is 0.357 e. The zero-order valence-electron chi connectivity index (χ0n) is 16.8. The van der Waals surface area contributed by atoms with E-state index in [1.807, 2.05) is 32.2 Å². The highest BCUT2D eigenvalue weighted by molar-refractivity contribution is 14.0. The van der Waals surface area contributed by atoms with Crippen LogP contribution in [0.1, 0.15) is 45.2 Å². The summed E-state index contributed by atoms with van der Waals surface area (Å²) in [6, 6.07) is 6.31. The van der Waals surface area contributed by atoms with E-state index in [0.29, 0.717) is 12.6 Å². The highest BCUT2D eigenvalue weighted by atomic mass is 127. The van der Waals surface area contributed by atoms with Gasteiger partial charge in [0.15, 0.2) is 5.96 Å². The molecule has 0 atom stereocenters. The maximum Gasteiger partial charge on any atom is 0.244 e. The molecule has 1 amide bonds. The van der Waals surface area contributed by atoms with Gasteiger partial charge in [-0.2, -0.15) is 0 Å². The van der Waals surface area contributed by atoms with E-state index < -0.39 is 0 Å². The van der Waals surface area contributed by atoms with E-state index in [-0.39, 0.29) is 36.4 Å². The number of likely N-dealkylation sites (N-methyl/N-ethyl adjacent to an activating group) is 1. The fourth-order valence-electron chi connectivity index (χ4n) is 3.14. The second-order valence-electron chi connectivity index (χ2n) is 7.18. The summed E-state index contributed by atoms with van der Waals surface area (Å²) in [7, 11) is 1.82. The van der Waals surface area contributed by atoms with Crippen molar-refractivity contribution in [3.63, 3.8) is 0 Å². The van der Waals surface area contributed by atoms with E-state index in [1.165, 1.54) is 25.7 Å². The molecule has 0 bridgehead atoms. The Hall–Kier alpha value is -1.38. The van der Waals surface area contributed by atoms with Crippen molar-refractivity contribution >= 4 is 35.8 Å². The topological polar surface area (TPSA) is 69.6 Å². The van der Waals surface area contributed by atoms with Gasteiger partial charge in [0.1, 0.15) is 6.54 Å². The highest BCUT2D eigenvalue weighted by Gasteiger charge is 2.19. The number of hydrogen-bond donors (Lipinski definition) is 2. The summed E-state index contributed by atoms with van der Waals surface area (Å²) >= 11 is 0. The van der Waals surface area contributed by atoms with E-state index in [0.717, 1.165) is 30.5 Å². The van der Waals surface area contributed by atoms with Crippen molar-refractivity contribution < 1.29 is 4.79 Å². The number of carbonyl (C=O) groups is 1. The number of amides is 1. The zero-order valence-corrected chi connectivity index (χ0v) is 19.1. The molecule has 152 valence electrons. The van der Waals surface area contributed by atoms with Gasteiger partial charge in [-0.25, -0.2) is 4.99 Å². The molecule has 0 radical (unpaired) electrons. The number of guanidine groups is 1. The second-order valence-corrected chi connectivity index (χ2v) is 7.18. The van der Waals surface area contributed by atoms with Crippen molar-refractivity contribution in [1.82, 2.24) is 20.5 Å². The first-order chi connectivity index (χ1) is 12.6. The third-order valence-corrected chi connectivity index (χ3v) is 4.93. The molecular formula is C20H34IN5O. The summed E-state index contributed by atoms with van der Waals surface area (Å²) in [4.78, 5) is 22.9. The molecule has 1 fully saturated rings. The molecule has 0 unspecified atom stereocenters. The maximum absolute atomic E-state index is 12.4. The summed E-state index contributed by atoms with van der Waals surface area (Å²) in [5.74, 6) is 1.59. The number of halogens is 1. The number of rotatable bonds is 7. The maximum atomic E-state index is 12.4. The lowest BCUT2D eigenvalue weighted by molar-refractivity contribution is -0.128. The van der Waals surface area contributed by atoms with Crippen molar-refractivity contribution in [2.24, 2.45) is 10.9 Å². The van der Waals surface area contributed by atoms with Crippen molar-refractivity contribution in [3.8, 4) is 0 Å². The van der Waals surface area contributed by atoms with Gasteiger partial charge in [-0.15, -0.1) is 24.0 Å². The summed E-state index contributed by atoms with van der Waals surface area (Å²) in [5.41, 5.74) is 0.997. The van der Waals surface area contributed by atoms with Crippen LogP contribution in [0.2, 0.25) is 0 Å². The van der Waals surface area contributed by atoms with Gasteiger partial charge in [-0.05, 0) is 50.7 Å². The molecular weight excluding hydrogens is 453 g/mol. The lowest BCUT2D eigenvalue weighted by atomic mass is 9.87. The first-order valence-electron chi connectivity index (χ1n) is 9.77. The summed E-state index contributed by atoms with van der Waals surface area (Å²) in [6.45, 7) is 5.96. The van der Waals surface area contributed by atoms with Crippen LogP contribution >= 0.6 is 24.0 Å². The fourth-order valence-corrected chi connectivity index (χ4v) is 3.14. The average molecular weight is 487 g/mol. The Balaban J connectivity index is 0.00000364. The molecule has 0 aliphatic heterocycles. The molecule has 7 heteroatoms. The van der Waals surface area contributed by atoms with Crippen LogP contribution in [0, 0.1) is 5.92 Å². The molecule has 27 heavy (non-hydrogen) atoms. The Morgan fingerprint density at radius 3 is 2.67 bits per heavy atom. The molecule has 1 aliphatic rings. The average Bonchev–Trinajstić information content (AvgIpc) is 2.66. The Labute approximate surface area is 180 Å². The molecule has 0 spiro atoms. The summed E-state index contributed by atoms with van der Waals surface area (Å²) in [6.07, 6.45) is 7.39. The van der Waals surface area contributed by atoms with Gasteiger partial charge in [0.2, 0.25) is 5.91 Å². The first-order valence-corrected chi connectivity index (χ1v) is 9.77. The first kappa shape index (κ1) is 23.7. The minimum Gasteiger partial charge on any atom is -0.357 e. The van der Waals surface area contributed by atoms with E-state index in [9.17, 15) is 4.79 Å². The highest BCUT2D eigenvalue weighted by Crippen LogP contribution is 2.23. The van der Waals surface area contributed by atoms with Crippen LogP contribution in [-0.4, -0.2) is 54.5 Å². The van der Waals surface area contributed by atoms with Crippen LogP contribution in [0.25, 0.3) is 0 Å². The zero-order chi connectivity index (χ0) is 18.8. The monoisotopic (exact) mass is 487 g/mol. The van der Waals surface area contributed by atoms with Gasteiger partial charge in [-0.1, -0.05) is 13.0 Å². The van der Waals surface area contributed by atoms with Crippen molar-refractivity contribution in [2.45, 2.75) is 52.0 Å². The van der Waals surface area contributed by atoms with Gasteiger partial charge >= 0.3 is 0 Å². The summed E-state index contributed by atoms with van der Waals surface area (Å²) < 4.78 is 0. The normalized spacial score (nSPS) is 19.7. The van der Waals surface area contributed by atoms with Crippen LogP contribution < -0.4 is 10.6 Å².